The molecule has 0 saturated carbocycles. The fraction of sp³-hybridized carbons (Fsp3) is 0.615. The summed E-state index contributed by atoms with van der Waals surface area (Å²) in [5.74, 6) is 0.720. The molecule has 1 fully saturated rings. The Morgan fingerprint density at radius 2 is 2.33 bits per heavy atom. The number of hydrogen-bond acceptors (Lipinski definition) is 4. The van der Waals surface area contributed by atoms with Gasteiger partial charge in [-0.2, -0.15) is 0 Å². The van der Waals surface area contributed by atoms with Gasteiger partial charge in [0.1, 0.15) is 11.5 Å². The third-order valence-corrected chi connectivity index (χ3v) is 3.24. The summed E-state index contributed by atoms with van der Waals surface area (Å²) in [5.41, 5.74) is 0.436. The van der Waals surface area contributed by atoms with Gasteiger partial charge < -0.3 is 10.2 Å². The molecule has 1 unspecified atom stereocenters. The lowest BCUT2D eigenvalue weighted by molar-refractivity contribution is 0.0741. The molecule has 1 N–H and O–H groups in total. The van der Waals surface area contributed by atoms with Crippen LogP contribution in [0.1, 0.15) is 43.6 Å². The minimum Gasteiger partial charge on any atom is -0.369 e. The van der Waals surface area contributed by atoms with E-state index in [4.69, 9.17) is 0 Å². The maximum Gasteiger partial charge on any atom is 0.274 e. The summed E-state index contributed by atoms with van der Waals surface area (Å²) in [7, 11) is 0. The van der Waals surface area contributed by atoms with Crippen molar-refractivity contribution in [3.8, 4) is 0 Å². The van der Waals surface area contributed by atoms with Gasteiger partial charge in [0.2, 0.25) is 0 Å². The molecule has 5 nitrogen and oxygen atoms in total. The third kappa shape index (κ3) is 2.78. The molecule has 1 amide bonds. The first-order valence-electron chi connectivity index (χ1n) is 6.59. The normalized spacial score (nSPS) is 19.0. The zero-order valence-corrected chi connectivity index (χ0v) is 11.0. The molecule has 0 radical (unpaired) electrons. The van der Waals surface area contributed by atoms with Crippen molar-refractivity contribution in [2.75, 3.05) is 18.4 Å². The summed E-state index contributed by atoms with van der Waals surface area (Å²) in [6.07, 6.45) is 6.38. The first kappa shape index (κ1) is 12.8. The van der Waals surface area contributed by atoms with Crippen molar-refractivity contribution < 1.29 is 4.79 Å². The van der Waals surface area contributed by atoms with Gasteiger partial charge in [0.25, 0.3) is 5.91 Å². The summed E-state index contributed by atoms with van der Waals surface area (Å²) in [5, 5.41) is 3.14. The van der Waals surface area contributed by atoms with Gasteiger partial charge in [-0.25, -0.2) is 9.97 Å². The van der Waals surface area contributed by atoms with Crippen LogP contribution in [0.25, 0.3) is 0 Å². The molecule has 0 bridgehead atoms. The number of amides is 1. The van der Waals surface area contributed by atoms with Crippen LogP contribution in [-0.2, 0) is 0 Å². The first-order valence-corrected chi connectivity index (χ1v) is 6.59. The van der Waals surface area contributed by atoms with Gasteiger partial charge in [0, 0.05) is 19.1 Å². The van der Waals surface area contributed by atoms with Crippen molar-refractivity contribution in [1.29, 1.82) is 0 Å². The lowest BCUT2D eigenvalue weighted by Gasteiger charge is -2.20. The Balaban J connectivity index is 2.02. The van der Waals surface area contributed by atoms with Crippen molar-refractivity contribution in [1.82, 2.24) is 14.9 Å². The van der Waals surface area contributed by atoms with Crippen LogP contribution in [0.2, 0.25) is 0 Å². The van der Waals surface area contributed by atoms with Crippen LogP contribution in [0.3, 0.4) is 0 Å². The Kier molecular flexibility index (Phi) is 4.12. The van der Waals surface area contributed by atoms with E-state index >= 15 is 0 Å². The van der Waals surface area contributed by atoms with Crippen molar-refractivity contribution in [2.45, 2.75) is 39.2 Å². The van der Waals surface area contributed by atoms with Crippen molar-refractivity contribution in [2.24, 2.45) is 0 Å². The van der Waals surface area contributed by atoms with Crippen molar-refractivity contribution in [3.63, 3.8) is 0 Å². The molecule has 5 heteroatoms. The zero-order valence-electron chi connectivity index (χ0n) is 11.0. The highest BCUT2D eigenvalue weighted by atomic mass is 16.2. The monoisotopic (exact) mass is 248 g/mol. The number of carbonyl (C=O) groups excluding carboxylic acids is 1. The highest BCUT2D eigenvalue weighted by molar-refractivity contribution is 5.92. The minimum absolute atomic E-state index is 0.00505. The van der Waals surface area contributed by atoms with Gasteiger partial charge in [0.15, 0.2) is 0 Å². The number of likely N-dealkylation sites (tertiary alicyclic amines) is 1. The second-order valence-corrected chi connectivity index (χ2v) is 4.70. The predicted molar refractivity (Wildman–Crippen MR) is 70.5 cm³/mol. The maximum absolute atomic E-state index is 12.2. The quantitative estimate of drug-likeness (QED) is 0.884. The molecule has 18 heavy (non-hydrogen) atoms. The lowest BCUT2D eigenvalue weighted by atomic mass is 10.2. The number of aromatic nitrogens is 2. The summed E-state index contributed by atoms with van der Waals surface area (Å²) in [4.78, 5) is 22.5. The van der Waals surface area contributed by atoms with Gasteiger partial charge in [0.05, 0.1) is 12.4 Å². The summed E-state index contributed by atoms with van der Waals surface area (Å²) in [6, 6.07) is 0.317. The molecular weight excluding hydrogens is 228 g/mol. The summed E-state index contributed by atoms with van der Waals surface area (Å²) >= 11 is 0. The number of anilines is 1. The average molecular weight is 248 g/mol. The van der Waals surface area contributed by atoms with E-state index in [1.807, 2.05) is 4.90 Å². The highest BCUT2D eigenvalue weighted by Gasteiger charge is 2.26. The van der Waals surface area contributed by atoms with Gasteiger partial charge in [-0.15, -0.1) is 0 Å². The van der Waals surface area contributed by atoms with Crippen molar-refractivity contribution in [3.05, 3.63) is 18.1 Å². The van der Waals surface area contributed by atoms with Crippen LogP contribution in [0.15, 0.2) is 12.4 Å². The predicted octanol–water partition coefficient (Wildman–Crippen LogP) is 1.92. The van der Waals surface area contributed by atoms with E-state index in [1.165, 1.54) is 0 Å². The van der Waals surface area contributed by atoms with Crippen molar-refractivity contribution >= 4 is 11.7 Å². The molecule has 1 saturated heterocycles. The van der Waals surface area contributed by atoms with Gasteiger partial charge in [-0.3, -0.25) is 4.79 Å². The zero-order chi connectivity index (χ0) is 13.0. The Hall–Kier alpha value is -1.65. The Labute approximate surface area is 108 Å². The number of nitrogens with one attached hydrogen (secondary N) is 1. The molecule has 0 aliphatic carbocycles. The molecule has 1 aliphatic rings. The Bertz CT molecular complexity index is 404. The second kappa shape index (κ2) is 5.80. The van der Waals surface area contributed by atoms with Crippen LogP contribution in [-0.4, -0.2) is 39.9 Å². The second-order valence-electron chi connectivity index (χ2n) is 4.70. The SMILES string of the molecule is CCCNc1cnc(C(=O)N2CCCC2C)cn1. The van der Waals surface area contributed by atoms with E-state index in [0.717, 1.165) is 38.2 Å². The Morgan fingerprint density at radius 3 is 2.89 bits per heavy atom. The van der Waals surface area contributed by atoms with Gasteiger partial charge >= 0.3 is 0 Å². The van der Waals surface area contributed by atoms with Crippen LogP contribution >= 0.6 is 0 Å². The van der Waals surface area contributed by atoms with E-state index in [0.29, 0.717) is 11.7 Å². The topological polar surface area (TPSA) is 58.1 Å². The molecule has 1 aromatic rings. The molecule has 2 rings (SSSR count). The lowest BCUT2D eigenvalue weighted by Crippen LogP contribution is -2.34. The molecule has 0 spiro atoms. The van der Waals surface area contributed by atoms with E-state index in [-0.39, 0.29) is 5.91 Å². The third-order valence-electron chi connectivity index (χ3n) is 3.24. The van der Waals surface area contributed by atoms with Crippen LogP contribution < -0.4 is 5.32 Å². The summed E-state index contributed by atoms with van der Waals surface area (Å²) < 4.78 is 0. The standard InChI is InChI=1S/C13H20N4O/c1-3-6-14-12-9-15-11(8-16-12)13(18)17-7-4-5-10(17)2/h8-10H,3-7H2,1-2H3,(H,14,16). The van der Waals surface area contributed by atoms with Crippen LogP contribution in [0, 0.1) is 0 Å². The molecule has 1 atom stereocenters. The smallest absolute Gasteiger partial charge is 0.274 e. The molecule has 0 aromatic carbocycles. The van der Waals surface area contributed by atoms with Crippen LogP contribution in [0.4, 0.5) is 5.82 Å². The number of carbonyl (C=O) groups is 1. The van der Waals surface area contributed by atoms with E-state index in [9.17, 15) is 4.79 Å². The number of nitrogens with zero attached hydrogens (tertiary/aromatic N) is 3. The average Bonchev–Trinajstić information content (AvgIpc) is 2.82. The molecule has 98 valence electrons. The minimum atomic E-state index is -0.00505. The number of hydrogen-bond donors (Lipinski definition) is 1. The largest absolute Gasteiger partial charge is 0.369 e. The molecule has 1 aliphatic heterocycles. The molecule has 2 heterocycles. The van der Waals surface area contributed by atoms with E-state index < -0.39 is 0 Å². The fourth-order valence-corrected chi connectivity index (χ4v) is 2.16. The Morgan fingerprint density at radius 1 is 1.50 bits per heavy atom. The first-order chi connectivity index (χ1) is 8.72. The van der Waals surface area contributed by atoms with E-state index in [2.05, 4.69) is 29.1 Å². The van der Waals surface area contributed by atoms with Gasteiger partial charge in [-0.05, 0) is 26.2 Å². The summed E-state index contributed by atoms with van der Waals surface area (Å²) in [6.45, 7) is 5.87. The molecule has 1 aromatic heterocycles. The van der Waals surface area contributed by atoms with Gasteiger partial charge in [-0.1, -0.05) is 6.92 Å². The molecular formula is C13H20N4O. The maximum atomic E-state index is 12.2. The highest BCUT2D eigenvalue weighted by Crippen LogP contribution is 2.18. The van der Waals surface area contributed by atoms with Crippen LogP contribution in [0.5, 0.6) is 0 Å². The van der Waals surface area contributed by atoms with E-state index in [1.54, 1.807) is 12.4 Å². The number of rotatable bonds is 4. The fourth-order valence-electron chi connectivity index (χ4n) is 2.16.